The molecule has 0 radical (unpaired) electrons. The van der Waals surface area contributed by atoms with E-state index < -0.39 is 0 Å². The van der Waals surface area contributed by atoms with Crippen molar-refractivity contribution in [2.75, 3.05) is 11.4 Å². The molecule has 4 rings (SSSR count). The van der Waals surface area contributed by atoms with E-state index in [-0.39, 0.29) is 36.3 Å². The number of carbonyl (C=O) groups is 2. The third-order valence-electron chi connectivity index (χ3n) is 5.47. The second-order valence-corrected chi connectivity index (χ2v) is 7.95. The van der Waals surface area contributed by atoms with Crippen LogP contribution in [0.4, 0.5) is 5.69 Å². The van der Waals surface area contributed by atoms with Gasteiger partial charge in [0.2, 0.25) is 11.8 Å². The number of rotatable bonds is 5. The van der Waals surface area contributed by atoms with Gasteiger partial charge in [0.1, 0.15) is 6.10 Å². The highest BCUT2D eigenvalue weighted by molar-refractivity contribution is 6.30. The third-order valence-corrected chi connectivity index (χ3v) is 5.72. The summed E-state index contributed by atoms with van der Waals surface area (Å²) < 4.78 is 5.80. The number of carbonyl (C=O) groups excluding carboxylic acids is 2. The first-order valence-electron chi connectivity index (χ1n) is 9.88. The van der Waals surface area contributed by atoms with Gasteiger partial charge in [-0.3, -0.25) is 9.59 Å². The molecular formula is C21H23ClN4O3. The molecule has 29 heavy (non-hydrogen) atoms. The fourth-order valence-electron chi connectivity index (χ4n) is 3.89. The van der Waals surface area contributed by atoms with Gasteiger partial charge in [-0.2, -0.15) is 0 Å². The normalized spacial score (nSPS) is 24.4. The average molecular weight is 415 g/mol. The number of benzene rings is 1. The minimum absolute atomic E-state index is 0.0348. The molecule has 1 aromatic carbocycles. The van der Waals surface area contributed by atoms with Crippen LogP contribution in [-0.4, -0.2) is 40.5 Å². The molecule has 1 saturated carbocycles. The fraction of sp³-hybridized carbons (Fsp3) is 0.429. The van der Waals surface area contributed by atoms with E-state index in [1.165, 1.54) is 0 Å². The van der Waals surface area contributed by atoms with Gasteiger partial charge in [-0.25, -0.2) is 9.97 Å². The number of ether oxygens (including phenoxy) is 1. The van der Waals surface area contributed by atoms with Gasteiger partial charge in [0, 0.05) is 42.1 Å². The Bertz CT molecular complexity index is 854. The van der Waals surface area contributed by atoms with E-state index in [1.807, 2.05) is 0 Å². The Balaban J connectivity index is 1.26. The first-order valence-corrected chi connectivity index (χ1v) is 10.3. The summed E-state index contributed by atoms with van der Waals surface area (Å²) in [5.74, 6) is -0.414. The smallest absolute Gasteiger partial charge is 0.316 e. The molecule has 2 aliphatic rings. The monoisotopic (exact) mass is 414 g/mol. The van der Waals surface area contributed by atoms with E-state index in [0.29, 0.717) is 17.6 Å². The number of hydrogen-bond acceptors (Lipinski definition) is 5. The summed E-state index contributed by atoms with van der Waals surface area (Å²) in [5, 5.41) is 3.74. The van der Waals surface area contributed by atoms with Gasteiger partial charge < -0.3 is 15.0 Å². The quantitative estimate of drug-likeness (QED) is 0.813. The Kier molecular flexibility index (Phi) is 5.94. The van der Waals surface area contributed by atoms with Crippen LogP contribution >= 0.6 is 11.6 Å². The summed E-state index contributed by atoms with van der Waals surface area (Å²) in [5.41, 5.74) is 0.774. The van der Waals surface area contributed by atoms with Crippen LogP contribution < -0.4 is 15.0 Å². The molecule has 1 saturated heterocycles. The Morgan fingerprint density at radius 1 is 1.10 bits per heavy atom. The van der Waals surface area contributed by atoms with E-state index in [4.69, 9.17) is 16.3 Å². The number of aromatic nitrogens is 2. The van der Waals surface area contributed by atoms with Crippen LogP contribution in [-0.2, 0) is 9.59 Å². The maximum atomic E-state index is 12.7. The molecule has 1 aliphatic heterocycles. The number of nitrogens with one attached hydrogen (secondary N) is 1. The molecule has 1 N–H and O–H groups in total. The molecular weight excluding hydrogens is 392 g/mol. The van der Waals surface area contributed by atoms with E-state index in [2.05, 4.69) is 15.3 Å². The largest absolute Gasteiger partial charge is 0.460 e. The zero-order chi connectivity index (χ0) is 20.2. The van der Waals surface area contributed by atoms with E-state index >= 15 is 0 Å². The van der Waals surface area contributed by atoms with E-state index in [0.717, 1.165) is 31.4 Å². The number of halogens is 1. The number of hydrogen-bond donors (Lipinski definition) is 1. The van der Waals surface area contributed by atoms with Gasteiger partial charge in [-0.05, 0) is 56.0 Å². The van der Waals surface area contributed by atoms with Crippen molar-refractivity contribution in [2.24, 2.45) is 5.92 Å². The van der Waals surface area contributed by atoms with E-state index in [1.54, 1.807) is 47.6 Å². The molecule has 2 heterocycles. The number of nitrogens with zero attached hydrogens (tertiary/aromatic N) is 3. The first kappa shape index (κ1) is 19.6. The predicted molar refractivity (Wildman–Crippen MR) is 109 cm³/mol. The van der Waals surface area contributed by atoms with Crippen LogP contribution in [0.15, 0.2) is 42.7 Å². The third kappa shape index (κ3) is 4.85. The van der Waals surface area contributed by atoms with Crippen LogP contribution in [0.2, 0.25) is 5.02 Å². The van der Waals surface area contributed by atoms with Gasteiger partial charge in [0.05, 0.1) is 5.92 Å². The molecule has 2 amide bonds. The molecule has 2 aromatic rings. The fourth-order valence-corrected chi connectivity index (χ4v) is 4.02. The summed E-state index contributed by atoms with van der Waals surface area (Å²) in [6.07, 6.45) is 6.97. The van der Waals surface area contributed by atoms with Gasteiger partial charge in [0.25, 0.3) is 0 Å². The van der Waals surface area contributed by atoms with Crippen LogP contribution in [0.5, 0.6) is 6.01 Å². The van der Waals surface area contributed by atoms with Crippen molar-refractivity contribution in [1.29, 1.82) is 0 Å². The highest BCUT2D eigenvalue weighted by atomic mass is 35.5. The van der Waals surface area contributed by atoms with Crippen molar-refractivity contribution < 1.29 is 14.3 Å². The summed E-state index contributed by atoms with van der Waals surface area (Å²) in [4.78, 5) is 34.9. The zero-order valence-corrected chi connectivity index (χ0v) is 16.7. The standard InChI is InChI=1S/C21H23ClN4O3/c22-15-2-6-17(7-3-15)26-13-14(12-19(26)27)20(28)25-16-4-8-18(9-5-16)29-21-23-10-1-11-24-21/h1-3,6-7,10-11,14,16,18H,4-5,8-9,12-13H2,(H,25,28). The Labute approximate surface area is 174 Å². The summed E-state index contributed by atoms with van der Waals surface area (Å²) in [7, 11) is 0. The van der Waals surface area contributed by atoms with E-state index in [9.17, 15) is 9.59 Å². The number of anilines is 1. The molecule has 1 aromatic heterocycles. The Morgan fingerprint density at radius 3 is 2.48 bits per heavy atom. The molecule has 8 heteroatoms. The van der Waals surface area contributed by atoms with Crippen molar-refractivity contribution in [3.8, 4) is 6.01 Å². The molecule has 1 atom stereocenters. The van der Waals surface area contributed by atoms with Gasteiger partial charge >= 0.3 is 6.01 Å². The van der Waals surface area contributed by atoms with Crippen molar-refractivity contribution in [1.82, 2.24) is 15.3 Å². The maximum Gasteiger partial charge on any atom is 0.316 e. The van der Waals surface area contributed by atoms with Crippen LogP contribution in [0, 0.1) is 5.92 Å². The summed E-state index contributed by atoms with van der Waals surface area (Å²) in [6, 6.07) is 9.36. The molecule has 0 spiro atoms. The van der Waals surface area contributed by atoms with Crippen molar-refractivity contribution in [2.45, 2.75) is 44.2 Å². The van der Waals surface area contributed by atoms with Crippen molar-refractivity contribution >= 4 is 29.1 Å². The Morgan fingerprint density at radius 2 is 1.79 bits per heavy atom. The van der Waals surface area contributed by atoms with Crippen LogP contribution in [0.1, 0.15) is 32.1 Å². The minimum atomic E-state index is -0.329. The van der Waals surface area contributed by atoms with Crippen molar-refractivity contribution in [3.63, 3.8) is 0 Å². The second-order valence-electron chi connectivity index (χ2n) is 7.51. The lowest BCUT2D eigenvalue weighted by molar-refractivity contribution is -0.127. The minimum Gasteiger partial charge on any atom is -0.460 e. The van der Waals surface area contributed by atoms with Gasteiger partial charge in [-0.1, -0.05) is 11.6 Å². The molecule has 7 nitrogen and oxygen atoms in total. The van der Waals surface area contributed by atoms with Crippen molar-refractivity contribution in [3.05, 3.63) is 47.7 Å². The molecule has 152 valence electrons. The second kappa shape index (κ2) is 8.78. The SMILES string of the molecule is O=C(NC1CCC(Oc2ncccn2)CC1)C1CC(=O)N(c2ccc(Cl)cc2)C1. The molecule has 2 fully saturated rings. The first-order chi connectivity index (χ1) is 14.1. The maximum absolute atomic E-state index is 12.7. The van der Waals surface area contributed by atoms with Gasteiger partial charge in [0.15, 0.2) is 0 Å². The summed E-state index contributed by atoms with van der Waals surface area (Å²) >= 11 is 5.91. The Hall–Kier alpha value is -2.67. The van der Waals surface area contributed by atoms with Gasteiger partial charge in [-0.15, -0.1) is 0 Å². The lowest BCUT2D eigenvalue weighted by Gasteiger charge is -2.29. The zero-order valence-electron chi connectivity index (χ0n) is 16.0. The number of amides is 2. The highest BCUT2D eigenvalue weighted by Gasteiger charge is 2.36. The molecule has 0 bridgehead atoms. The lowest BCUT2D eigenvalue weighted by Crippen LogP contribution is -2.43. The topological polar surface area (TPSA) is 84.4 Å². The molecule has 1 unspecified atom stereocenters. The highest BCUT2D eigenvalue weighted by Crippen LogP contribution is 2.27. The lowest BCUT2D eigenvalue weighted by atomic mass is 9.92. The average Bonchev–Trinajstić information content (AvgIpc) is 3.13. The predicted octanol–water partition coefficient (Wildman–Crippen LogP) is 2.99. The summed E-state index contributed by atoms with van der Waals surface area (Å²) in [6.45, 7) is 0.399. The van der Waals surface area contributed by atoms with Crippen LogP contribution in [0.25, 0.3) is 0 Å². The molecule has 1 aliphatic carbocycles. The van der Waals surface area contributed by atoms with Crippen LogP contribution in [0.3, 0.4) is 0 Å².